The Hall–Kier alpha value is -1.00. The largest absolute Gasteiger partial charge is 0.394 e. The molecule has 0 radical (unpaired) electrons. The average Bonchev–Trinajstić information content (AvgIpc) is 3.48. The molecule has 310 valence electrons. The fourth-order valence-corrected chi connectivity index (χ4v) is 12.9. The van der Waals surface area contributed by atoms with Crippen LogP contribution in [0.15, 0.2) is 23.3 Å². The lowest BCUT2D eigenvalue weighted by molar-refractivity contribution is -0.378. The maximum absolute atomic E-state index is 12.1. The maximum atomic E-state index is 12.1. The molecule has 12 heteroatoms. The molecule has 6 rings (SSSR count). The van der Waals surface area contributed by atoms with Crippen molar-refractivity contribution in [1.82, 2.24) is 0 Å². The molecule has 0 aromatic carbocycles. The molecule has 0 aromatic rings. The smallest absolute Gasteiger partial charge is 0.187 e. The predicted octanol–water partition coefficient (Wildman–Crippen LogP) is 2.81. The molecule has 0 spiro atoms. The summed E-state index contributed by atoms with van der Waals surface area (Å²) in [5.74, 6) is 2.09. The van der Waals surface area contributed by atoms with E-state index >= 15 is 0 Å². The highest BCUT2D eigenvalue weighted by molar-refractivity contribution is 5.21. The molecule has 2 aliphatic heterocycles. The van der Waals surface area contributed by atoms with Crippen LogP contribution in [-0.2, 0) is 18.9 Å². The Bertz CT molecular complexity index is 1360. The lowest BCUT2D eigenvalue weighted by atomic mass is 9.38. The summed E-state index contributed by atoms with van der Waals surface area (Å²) in [6.07, 6.45) is -4.62. The van der Waals surface area contributed by atoms with E-state index in [1.54, 1.807) is 0 Å². The van der Waals surface area contributed by atoms with Crippen molar-refractivity contribution >= 4 is 0 Å². The number of hydrogen-bond acceptors (Lipinski definition) is 12. The summed E-state index contributed by atoms with van der Waals surface area (Å²) in [6, 6.07) is 0. The fourth-order valence-electron chi connectivity index (χ4n) is 12.9. The quantitative estimate of drug-likeness (QED) is 0.126. The van der Waals surface area contributed by atoms with Crippen LogP contribution >= 0.6 is 0 Å². The minimum Gasteiger partial charge on any atom is -0.394 e. The summed E-state index contributed by atoms with van der Waals surface area (Å²) in [5, 5.41) is 85.4. The molecule has 12 nitrogen and oxygen atoms in total. The maximum Gasteiger partial charge on any atom is 0.187 e. The highest BCUT2D eigenvalue weighted by Gasteiger charge is 2.68. The highest BCUT2D eigenvalue weighted by atomic mass is 16.8. The zero-order chi connectivity index (χ0) is 39.7. The summed E-state index contributed by atoms with van der Waals surface area (Å²) in [6.45, 7) is 17.0. The number of ether oxygens (including phenoxy) is 4. The lowest BCUT2D eigenvalue weighted by Gasteiger charge is -2.68. The van der Waals surface area contributed by atoms with E-state index in [0.717, 1.165) is 38.5 Å². The number of hydrogen-bond donors (Lipinski definition) is 8. The molecule has 0 amide bonds. The van der Waals surface area contributed by atoms with E-state index in [4.69, 9.17) is 18.9 Å². The van der Waals surface area contributed by atoms with Crippen molar-refractivity contribution in [2.45, 2.75) is 174 Å². The predicted molar refractivity (Wildman–Crippen MR) is 199 cm³/mol. The first-order valence-electron chi connectivity index (χ1n) is 20.5. The first kappa shape index (κ1) is 42.6. The number of aliphatic hydroxyl groups is 8. The van der Waals surface area contributed by atoms with Gasteiger partial charge in [-0.3, -0.25) is 0 Å². The third kappa shape index (κ3) is 7.21. The molecule has 8 N–H and O–H groups in total. The van der Waals surface area contributed by atoms with Crippen LogP contribution < -0.4 is 0 Å². The molecular weight excluding hydrogens is 696 g/mol. The van der Waals surface area contributed by atoms with Crippen LogP contribution in [0.25, 0.3) is 0 Å². The van der Waals surface area contributed by atoms with Crippen molar-refractivity contribution in [2.24, 2.45) is 51.8 Å². The van der Waals surface area contributed by atoms with E-state index in [2.05, 4.69) is 67.5 Å². The molecular formula is C42H70O12. The second-order valence-corrected chi connectivity index (χ2v) is 19.3. The molecule has 6 fully saturated rings. The van der Waals surface area contributed by atoms with Crippen molar-refractivity contribution in [2.75, 3.05) is 13.2 Å². The Morgan fingerprint density at radius 2 is 1.31 bits per heavy atom. The van der Waals surface area contributed by atoms with Crippen LogP contribution in [0.5, 0.6) is 0 Å². The minimum atomic E-state index is -1.74. The Balaban J connectivity index is 1.23. The molecule has 2 saturated heterocycles. The molecule has 4 aliphatic carbocycles. The van der Waals surface area contributed by atoms with Gasteiger partial charge in [0.15, 0.2) is 12.6 Å². The zero-order valence-corrected chi connectivity index (χ0v) is 33.6. The SMILES string of the molecule is CC(C)=CC/C=C(\C)[C@H]1CC[C@]2(C)[C@H]3[C@@H](C[C@H](O)[C@H]12)[C@@]1(C)CC[C@@H](O[C@@H]2O[C@H](CO)[C@@H](O)[C@H](O)[C@H]2O[C@@H]2O[C@H](CO)[C@@H](O)[C@H](O)[C@H]2O)C(C)(C)[C@H]1C[C@@H]3C. The van der Waals surface area contributed by atoms with E-state index < -0.39 is 80.0 Å². The Morgan fingerprint density at radius 1 is 0.704 bits per heavy atom. The van der Waals surface area contributed by atoms with Crippen LogP contribution in [0.1, 0.15) is 100 Å². The molecule has 54 heavy (non-hydrogen) atoms. The zero-order valence-electron chi connectivity index (χ0n) is 33.6. The molecule has 0 aromatic heterocycles. The summed E-state index contributed by atoms with van der Waals surface area (Å²) in [5.41, 5.74) is 2.29. The van der Waals surface area contributed by atoms with Gasteiger partial charge in [-0.05, 0) is 117 Å². The second-order valence-electron chi connectivity index (χ2n) is 19.3. The average molecular weight is 767 g/mol. The number of aliphatic hydroxyl groups excluding tert-OH is 8. The normalized spacial score (nSPS) is 51.9. The van der Waals surface area contributed by atoms with Crippen molar-refractivity contribution in [3.63, 3.8) is 0 Å². The minimum absolute atomic E-state index is 0.0324. The van der Waals surface area contributed by atoms with Gasteiger partial charge in [0.2, 0.25) is 0 Å². The first-order valence-corrected chi connectivity index (χ1v) is 20.5. The molecule has 2 heterocycles. The topological polar surface area (TPSA) is 199 Å². The Kier molecular flexibility index (Phi) is 12.6. The summed E-state index contributed by atoms with van der Waals surface area (Å²) in [4.78, 5) is 0. The van der Waals surface area contributed by atoms with Crippen LogP contribution in [0.3, 0.4) is 0 Å². The third-order valence-electron chi connectivity index (χ3n) is 15.6. The monoisotopic (exact) mass is 766 g/mol. The standard InChI is InChI=1S/C42H70O12/c1-20(2)10-9-11-21(3)23-12-14-42(8)30-22(4)16-28-40(5,6)29(13-15-41(28,7)24(30)17-25(45)31(23)42)53-39-37(35(49)33(47)27(19-44)52-39)54-38-36(50)34(48)32(46)26(18-43)51-38/h10-11,22-39,43-50H,9,12-19H2,1-8H3/b21-11+/t22-,23+,24+,25-,26+,27+,28+,29+,30+,31-,32+,33+,34-,35-,36+,37+,38-,39-,41+,42+/m0/s1. The second kappa shape index (κ2) is 16.0. The van der Waals surface area contributed by atoms with Gasteiger partial charge in [0.25, 0.3) is 0 Å². The van der Waals surface area contributed by atoms with E-state index in [0.29, 0.717) is 30.1 Å². The molecule has 4 saturated carbocycles. The van der Waals surface area contributed by atoms with Gasteiger partial charge in [-0.1, -0.05) is 57.9 Å². The van der Waals surface area contributed by atoms with Gasteiger partial charge < -0.3 is 59.8 Å². The van der Waals surface area contributed by atoms with Crippen molar-refractivity contribution in [3.05, 3.63) is 23.3 Å². The molecule has 20 atom stereocenters. The van der Waals surface area contributed by atoms with Crippen LogP contribution in [0, 0.1) is 51.8 Å². The van der Waals surface area contributed by atoms with Crippen molar-refractivity contribution in [1.29, 1.82) is 0 Å². The van der Waals surface area contributed by atoms with Crippen molar-refractivity contribution < 1.29 is 59.8 Å². The van der Waals surface area contributed by atoms with Gasteiger partial charge >= 0.3 is 0 Å². The fraction of sp³-hybridized carbons (Fsp3) is 0.905. The lowest BCUT2D eigenvalue weighted by Crippen LogP contribution is -2.66. The van der Waals surface area contributed by atoms with Gasteiger partial charge in [0, 0.05) is 0 Å². The van der Waals surface area contributed by atoms with Gasteiger partial charge in [-0.25, -0.2) is 0 Å². The number of fused-ring (bicyclic) bond motifs is 5. The van der Waals surface area contributed by atoms with Gasteiger partial charge in [-0.15, -0.1) is 0 Å². The van der Waals surface area contributed by atoms with E-state index in [1.807, 2.05) is 0 Å². The first-order chi connectivity index (χ1) is 25.3. The van der Waals surface area contributed by atoms with Crippen LogP contribution in [0.2, 0.25) is 0 Å². The van der Waals surface area contributed by atoms with E-state index in [9.17, 15) is 40.9 Å². The third-order valence-corrected chi connectivity index (χ3v) is 15.6. The highest BCUT2D eigenvalue weighted by Crippen LogP contribution is 2.72. The van der Waals surface area contributed by atoms with E-state index in [1.165, 1.54) is 11.1 Å². The van der Waals surface area contributed by atoms with Gasteiger partial charge in [0.05, 0.1) is 25.4 Å². The van der Waals surface area contributed by atoms with Crippen LogP contribution in [0.4, 0.5) is 0 Å². The summed E-state index contributed by atoms with van der Waals surface area (Å²) < 4.78 is 24.4. The summed E-state index contributed by atoms with van der Waals surface area (Å²) >= 11 is 0. The number of rotatable bonds is 9. The molecule has 6 aliphatic rings. The number of allylic oxidation sites excluding steroid dienone is 4. The summed E-state index contributed by atoms with van der Waals surface area (Å²) in [7, 11) is 0. The molecule has 0 bridgehead atoms. The van der Waals surface area contributed by atoms with Gasteiger partial charge in [0.1, 0.15) is 48.8 Å². The Morgan fingerprint density at radius 3 is 1.94 bits per heavy atom. The van der Waals surface area contributed by atoms with Crippen molar-refractivity contribution in [3.8, 4) is 0 Å². The Labute approximate surface area is 321 Å². The van der Waals surface area contributed by atoms with E-state index in [-0.39, 0.29) is 34.9 Å². The van der Waals surface area contributed by atoms with Crippen LogP contribution in [-0.4, -0.2) is 128 Å². The van der Waals surface area contributed by atoms with Gasteiger partial charge in [-0.2, -0.15) is 0 Å². The molecule has 0 unspecified atom stereocenters.